The zero-order valence-electron chi connectivity index (χ0n) is 32.7. The van der Waals surface area contributed by atoms with Gasteiger partial charge in [-0.2, -0.15) is 13.2 Å². The number of benzene rings is 2. The highest BCUT2D eigenvalue weighted by atomic mass is 19.4. The number of aromatic nitrogens is 3. The number of carbonyl (C=O) groups is 6. The van der Waals surface area contributed by atoms with Crippen LogP contribution in [-0.4, -0.2) is 93.8 Å². The number of pyridine rings is 1. The maximum absolute atomic E-state index is 13.3. The minimum atomic E-state index is -4.71. The molecule has 6 rings (SSSR count). The van der Waals surface area contributed by atoms with Crippen molar-refractivity contribution in [1.82, 2.24) is 30.1 Å². The lowest BCUT2D eigenvalue weighted by atomic mass is 9.86. The van der Waals surface area contributed by atoms with E-state index in [4.69, 9.17) is 14.5 Å². The molecule has 19 heteroatoms. The van der Waals surface area contributed by atoms with Gasteiger partial charge in [0, 0.05) is 50.1 Å². The number of nitrogens with zero attached hydrogens (tertiary/aromatic N) is 4. The van der Waals surface area contributed by atoms with Gasteiger partial charge in [0.25, 0.3) is 17.7 Å². The molecular weight excluding hydrogens is 777 g/mol. The number of amides is 6. The summed E-state index contributed by atoms with van der Waals surface area (Å²) in [6, 6.07) is 10.1. The van der Waals surface area contributed by atoms with Gasteiger partial charge in [0.15, 0.2) is 0 Å². The first-order valence-corrected chi connectivity index (χ1v) is 18.9. The van der Waals surface area contributed by atoms with Crippen LogP contribution in [0.25, 0.3) is 11.0 Å². The summed E-state index contributed by atoms with van der Waals surface area (Å²) >= 11 is 0. The van der Waals surface area contributed by atoms with E-state index >= 15 is 0 Å². The topological polar surface area (TPSA) is 203 Å². The van der Waals surface area contributed by atoms with Gasteiger partial charge in [-0.1, -0.05) is 26.0 Å². The van der Waals surface area contributed by atoms with E-state index in [1.54, 1.807) is 38.2 Å². The molecule has 59 heavy (non-hydrogen) atoms. The molecule has 1 fully saturated rings. The Balaban J connectivity index is 0.980. The van der Waals surface area contributed by atoms with Crippen LogP contribution < -0.4 is 26.0 Å². The predicted octanol–water partition coefficient (Wildman–Crippen LogP) is 4.24. The summed E-state index contributed by atoms with van der Waals surface area (Å²) < 4.78 is 52.8. The van der Waals surface area contributed by atoms with Gasteiger partial charge in [-0.25, -0.2) is 9.97 Å². The van der Waals surface area contributed by atoms with Crippen LogP contribution in [0.5, 0.6) is 5.75 Å². The van der Waals surface area contributed by atoms with E-state index in [-0.39, 0.29) is 74.2 Å². The first-order chi connectivity index (χ1) is 28.0. The van der Waals surface area contributed by atoms with Crippen LogP contribution in [-0.2, 0) is 38.8 Å². The van der Waals surface area contributed by atoms with Crippen molar-refractivity contribution in [3.63, 3.8) is 0 Å². The molecule has 2 aliphatic rings. The number of carbonyl (C=O) groups excluding carboxylic acids is 6. The Labute approximate surface area is 336 Å². The summed E-state index contributed by atoms with van der Waals surface area (Å²) in [5.74, 6) is -2.47. The molecule has 2 aromatic heterocycles. The Bertz CT molecular complexity index is 2330. The number of hydrogen-bond acceptors (Lipinski definition) is 11. The molecule has 1 unspecified atom stereocenters. The quantitative estimate of drug-likeness (QED) is 0.0930. The summed E-state index contributed by atoms with van der Waals surface area (Å²) in [5.41, 5.74) is -0.279. The summed E-state index contributed by atoms with van der Waals surface area (Å²) in [6.45, 7) is 6.54. The highest BCUT2D eigenvalue weighted by molar-refractivity contribution is 6.25. The molecule has 16 nitrogen and oxygen atoms in total. The van der Waals surface area contributed by atoms with Crippen molar-refractivity contribution in [2.75, 3.05) is 43.5 Å². The van der Waals surface area contributed by atoms with Gasteiger partial charge in [-0.3, -0.25) is 39.0 Å². The van der Waals surface area contributed by atoms with Gasteiger partial charge in [0.1, 0.15) is 29.0 Å². The average molecular weight is 821 g/mol. The molecule has 4 N–H and O–H groups in total. The van der Waals surface area contributed by atoms with Crippen molar-refractivity contribution in [1.29, 1.82) is 0 Å². The number of piperidine rings is 1. The average Bonchev–Trinajstić information content (AvgIpc) is 3.64. The van der Waals surface area contributed by atoms with Gasteiger partial charge >= 0.3 is 6.18 Å². The number of hydrogen-bond donors (Lipinski definition) is 4. The Hall–Kier alpha value is -6.37. The standard InChI is InChI=1S/C40H43F3N8O8/c1-5-59-29-21-25-28(20-26(29)48-34(53)24-10-7-11-30(46-24)40(41,42)43)50(4)31(47-25)14-15-39(2,3)38(57)45-17-19-58-18-16-44-23-9-6-8-22-33(23)37(56)51(36(22)55)27-12-13-32(52)49-35(27)54/h6-11,20-21,27,44H,5,12-19H2,1-4H3,(H,45,57)(H,48,53)(H,49,52,54). The van der Waals surface area contributed by atoms with Gasteiger partial charge in [-0.15, -0.1) is 0 Å². The van der Waals surface area contributed by atoms with Crippen LogP contribution in [0.2, 0.25) is 0 Å². The van der Waals surface area contributed by atoms with Crippen LogP contribution in [0.1, 0.15) is 82.8 Å². The van der Waals surface area contributed by atoms with Crippen molar-refractivity contribution in [2.45, 2.75) is 58.7 Å². The number of alkyl halides is 3. The second kappa shape index (κ2) is 17.2. The summed E-state index contributed by atoms with van der Waals surface area (Å²) in [5, 5.41) is 10.8. The van der Waals surface area contributed by atoms with Crippen LogP contribution >= 0.6 is 0 Å². The Morgan fingerprint density at radius 3 is 2.44 bits per heavy atom. The van der Waals surface area contributed by atoms with E-state index in [0.29, 0.717) is 35.4 Å². The Kier molecular flexibility index (Phi) is 12.3. The van der Waals surface area contributed by atoms with Crippen LogP contribution in [0, 0.1) is 5.41 Å². The second-order valence-corrected chi connectivity index (χ2v) is 14.6. The van der Waals surface area contributed by atoms with E-state index in [1.165, 1.54) is 12.1 Å². The normalized spacial score (nSPS) is 15.6. The molecule has 4 aromatic rings. The van der Waals surface area contributed by atoms with Crippen LogP contribution in [0.3, 0.4) is 0 Å². The van der Waals surface area contributed by atoms with Gasteiger partial charge in [0.05, 0.1) is 47.7 Å². The number of nitrogens with one attached hydrogen (secondary N) is 4. The number of rotatable bonds is 16. The third-order valence-corrected chi connectivity index (χ3v) is 10.0. The second-order valence-electron chi connectivity index (χ2n) is 14.6. The lowest BCUT2D eigenvalue weighted by Gasteiger charge is -2.27. The molecule has 0 radical (unpaired) electrons. The molecule has 0 spiro atoms. The molecule has 1 atom stereocenters. The molecule has 2 aromatic carbocycles. The van der Waals surface area contributed by atoms with Crippen molar-refractivity contribution >= 4 is 57.9 Å². The van der Waals surface area contributed by atoms with Crippen LogP contribution in [0.15, 0.2) is 48.5 Å². The summed E-state index contributed by atoms with van der Waals surface area (Å²) in [4.78, 5) is 85.6. The van der Waals surface area contributed by atoms with Crippen LogP contribution in [0.4, 0.5) is 24.5 Å². The van der Waals surface area contributed by atoms with Crippen molar-refractivity contribution in [3.8, 4) is 5.75 Å². The Morgan fingerprint density at radius 2 is 1.71 bits per heavy atom. The predicted molar refractivity (Wildman–Crippen MR) is 207 cm³/mol. The Morgan fingerprint density at radius 1 is 0.966 bits per heavy atom. The third-order valence-electron chi connectivity index (χ3n) is 10.0. The number of anilines is 2. The zero-order valence-corrected chi connectivity index (χ0v) is 32.7. The lowest BCUT2D eigenvalue weighted by molar-refractivity contribution is -0.141. The van der Waals surface area contributed by atoms with Crippen molar-refractivity contribution < 1.29 is 51.4 Å². The number of ether oxygens (including phenoxy) is 2. The summed E-state index contributed by atoms with van der Waals surface area (Å²) in [7, 11) is 1.78. The monoisotopic (exact) mass is 820 g/mol. The fourth-order valence-corrected chi connectivity index (χ4v) is 6.81. The third kappa shape index (κ3) is 9.19. The first kappa shape index (κ1) is 42.2. The minimum Gasteiger partial charge on any atom is -0.492 e. The first-order valence-electron chi connectivity index (χ1n) is 18.9. The van der Waals surface area contributed by atoms with Gasteiger partial charge < -0.3 is 30.0 Å². The van der Waals surface area contributed by atoms with E-state index in [0.717, 1.165) is 17.0 Å². The molecule has 6 amide bonds. The molecule has 0 bridgehead atoms. The smallest absolute Gasteiger partial charge is 0.433 e. The largest absolute Gasteiger partial charge is 0.492 e. The molecule has 0 saturated carbocycles. The highest BCUT2D eigenvalue weighted by Gasteiger charge is 2.45. The maximum atomic E-state index is 13.3. The number of halogens is 3. The molecule has 1 saturated heterocycles. The molecule has 312 valence electrons. The minimum absolute atomic E-state index is 0.0234. The van der Waals surface area contributed by atoms with E-state index in [1.807, 2.05) is 18.4 Å². The van der Waals surface area contributed by atoms with E-state index in [9.17, 15) is 41.9 Å². The number of imidazole rings is 1. The number of aryl methyl sites for hydroxylation is 2. The molecule has 0 aliphatic carbocycles. The fraction of sp³-hybridized carbons (Fsp3) is 0.400. The summed E-state index contributed by atoms with van der Waals surface area (Å²) in [6.07, 6.45) is -3.80. The molecular formula is C40H43F3N8O8. The highest BCUT2D eigenvalue weighted by Crippen LogP contribution is 2.34. The molecule has 2 aliphatic heterocycles. The lowest BCUT2D eigenvalue weighted by Crippen LogP contribution is -2.54. The van der Waals surface area contributed by atoms with Crippen molar-refractivity contribution in [2.24, 2.45) is 12.5 Å². The fourth-order valence-electron chi connectivity index (χ4n) is 6.81. The number of imide groups is 2. The van der Waals surface area contributed by atoms with Crippen molar-refractivity contribution in [3.05, 3.63) is 76.9 Å². The van der Waals surface area contributed by atoms with Gasteiger partial charge in [-0.05, 0) is 50.1 Å². The SMILES string of the molecule is CCOc1cc2nc(CCC(C)(C)C(=O)NCCOCCNc3cccc4c3C(=O)N(C3CCC(=O)NC3=O)C4=O)n(C)c2cc1NC(=O)c1cccc(C(F)(F)F)n1. The van der Waals surface area contributed by atoms with Gasteiger partial charge in [0.2, 0.25) is 17.7 Å². The van der Waals surface area contributed by atoms with E-state index < -0.39 is 58.6 Å². The number of fused-ring (bicyclic) bond motifs is 2. The van der Waals surface area contributed by atoms with E-state index in [2.05, 4.69) is 26.3 Å². The maximum Gasteiger partial charge on any atom is 0.433 e. The molecule has 4 heterocycles. The zero-order chi connectivity index (χ0) is 42.6.